The highest BCUT2D eigenvalue weighted by Crippen LogP contribution is 2.29. The summed E-state index contributed by atoms with van der Waals surface area (Å²) >= 11 is 0. The number of hydrogen-bond donors (Lipinski definition) is 1. The van der Waals surface area contributed by atoms with Crippen LogP contribution in [0.3, 0.4) is 0 Å². The fraction of sp³-hybridized carbons (Fsp3) is 0.500. The van der Waals surface area contributed by atoms with Crippen LogP contribution in [0.5, 0.6) is 11.5 Å². The second-order valence-corrected chi connectivity index (χ2v) is 8.06. The maximum Gasteiger partial charge on any atom is 0.161 e. The van der Waals surface area contributed by atoms with E-state index < -0.39 is 0 Å². The molecule has 5 heteroatoms. The third-order valence-electron chi connectivity index (χ3n) is 5.51. The number of nitrogens with one attached hydrogen (secondary N) is 1. The van der Waals surface area contributed by atoms with Gasteiger partial charge in [-0.25, -0.2) is 0 Å². The number of hydrogen-bond acceptors (Lipinski definition) is 5. The van der Waals surface area contributed by atoms with E-state index in [9.17, 15) is 0 Å². The van der Waals surface area contributed by atoms with Crippen LogP contribution >= 0.6 is 0 Å². The van der Waals surface area contributed by atoms with Gasteiger partial charge in [-0.05, 0) is 63.3 Å². The Morgan fingerprint density at radius 3 is 2.45 bits per heavy atom. The summed E-state index contributed by atoms with van der Waals surface area (Å²) in [6.45, 7) is 6.06. The van der Waals surface area contributed by atoms with Crippen molar-refractivity contribution >= 4 is 0 Å². The Balaban J connectivity index is 1.48. The van der Waals surface area contributed by atoms with Crippen LogP contribution < -0.4 is 14.8 Å². The molecule has 29 heavy (non-hydrogen) atoms. The maximum atomic E-state index is 6.04. The van der Waals surface area contributed by atoms with Gasteiger partial charge in [0.1, 0.15) is 6.61 Å². The Hall–Kier alpha value is -2.08. The van der Waals surface area contributed by atoms with Crippen molar-refractivity contribution < 1.29 is 9.47 Å². The standard InChI is InChI=1S/C24H35N3O2/c1-26(2)15-16-27-13-11-22(12-14-27)25-18-21-9-10-23(28-3)24(17-21)29-19-20-7-5-4-6-8-20/h4-10,17,22,25H,11-16,18-19H2,1-3H3. The number of nitrogens with zero attached hydrogens (tertiary/aromatic N) is 2. The van der Waals surface area contributed by atoms with Gasteiger partial charge in [0.15, 0.2) is 11.5 Å². The number of rotatable bonds is 10. The molecule has 1 aliphatic heterocycles. The van der Waals surface area contributed by atoms with Crippen molar-refractivity contribution in [2.45, 2.75) is 32.0 Å². The molecule has 3 rings (SSSR count). The third-order valence-corrected chi connectivity index (χ3v) is 5.51. The van der Waals surface area contributed by atoms with Crippen LogP contribution in [0.2, 0.25) is 0 Å². The van der Waals surface area contributed by atoms with Crippen LogP contribution in [-0.2, 0) is 13.2 Å². The molecular weight excluding hydrogens is 362 g/mol. The molecule has 0 bridgehead atoms. The molecule has 1 fully saturated rings. The van der Waals surface area contributed by atoms with Crippen LogP contribution in [0.25, 0.3) is 0 Å². The first-order chi connectivity index (χ1) is 14.1. The fourth-order valence-electron chi connectivity index (χ4n) is 3.64. The van der Waals surface area contributed by atoms with E-state index in [2.05, 4.69) is 53.5 Å². The van der Waals surface area contributed by atoms with Gasteiger partial charge in [-0.2, -0.15) is 0 Å². The van der Waals surface area contributed by atoms with E-state index in [0.717, 1.165) is 30.2 Å². The minimum Gasteiger partial charge on any atom is -0.493 e. The summed E-state index contributed by atoms with van der Waals surface area (Å²) in [7, 11) is 5.97. The molecule has 1 N–H and O–H groups in total. The number of likely N-dealkylation sites (N-methyl/N-ethyl adjacent to an activating group) is 1. The molecule has 0 atom stereocenters. The Morgan fingerprint density at radius 1 is 1.00 bits per heavy atom. The van der Waals surface area contributed by atoms with Gasteiger partial charge in [0.05, 0.1) is 7.11 Å². The second-order valence-electron chi connectivity index (χ2n) is 8.06. The van der Waals surface area contributed by atoms with Crippen LogP contribution in [0.4, 0.5) is 0 Å². The molecule has 0 aliphatic carbocycles. The number of ether oxygens (including phenoxy) is 2. The highest BCUT2D eigenvalue weighted by Gasteiger charge is 2.18. The number of benzene rings is 2. The maximum absolute atomic E-state index is 6.04. The molecule has 0 spiro atoms. The van der Waals surface area contributed by atoms with Gasteiger partial charge in [0.25, 0.3) is 0 Å². The Labute approximate surface area is 175 Å². The van der Waals surface area contributed by atoms with Gasteiger partial charge >= 0.3 is 0 Å². The quantitative estimate of drug-likeness (QED) is 0.665. The van der Waals surface area contributed by atoms with E-state index in [1.54, 1.807) is 7.11 Å². The average Bonchev–Trinajstić information content (AvgIpc) is 2.76. The molecule has 1 heterocycles. The number of piperidine rings is 1. The zero-order chi connectivity index (χ0) is 20.5. The predicted octanol–water partition coefficient (Wildman–Crippen LogP) is 3.39. The summed E-state index contributed by atoms with van der Waals surface area (Å²) in [5.41, 5.74) is 2.38. The van der Waals surface area contributed by atoms with Crippen molar-refractivity contribution in [1.82, 2.24) is 15.1 Å². The lowest BCUT2D eigenvalue weighted by Crippen LogP contribution is -2.44. The van der Waals surface area contributed by atoms with E-state index >= 15 is 0 Å². The molecule has 2 aromatic rings. The highest BCUT2D eigenvalue weighted by molar-refractivity contribution is 5.43. The van der Waals surface area contributed by atoms with Crippen molar-refractivity contribution in [2.24, 2.45) is 0 Å². The van der Waals surface area contributed by atoms with E-state index in [1.807, 2.05) is 24.3 Å². The molecular formula is C24H35N3O2. The molecule has 0 amide bonds. The van der Waals surface area contributed by atoms with Gasteiger partial charge in [-0.1, -0.05) is 36.4 Å². The van der Waals surface area contributed by atoms with Crippen molar-refractivity contribution in [3.8, 4) is 11.5 Å². The van der Waals surface area contributed by atoms with Crippen molar-refractivity contribution in [1.29, 1.82) is 0 Å². The first-order valence-electron chi connectivity index (χ1n) is 10.6. The largest absolute Gasteiger partial charge is 0.493 e. The summed E-state index contributed by atoms with van der Waals surface area (Å²) in [6, 6.07) is 17.0. The molecule has 0 radical (unpaired) electrons. The van der Waals surface area contributed by atoms with Gasteiger partial charge in [-0.15, -0.1) is 0 Å². The Morgan fingerprint density at radius 2 is 1.76 bits per heavy atom. The van der Waals surface area contributed by atoms with Crippen LogP contribution in [0.1, 0.15) is 24.0 Å². The number of likely N-dealkylation sites (tertiary alicyclic amines) is 1. The van der Waals surface area contributed by atoms with Gasteiger partial charge in [0.2, 0.25) is 0 Å². The smallest absolute Gasteiger partial charge is 0.161 e. The van der Waals surface area contributed by atoms with Gasteiger partial charge in [0, 0.05) is 25.7 Å². The monoisotopic (exact) mass is 397 g/mol. The zero-order valence-corrected chi connectivity index (χ0v) is 18.1. The van der Waals surface area contributed by atoms with E-state index in [4.69, 9.17) is 9.47 Å². The van der Waals surface area contributed by atoms with Crippen molar-refractivity contribution in [2.75, 3.05) is 47.4 Å². The van der Waals surface area contributed by atoms with Gasteiger partial charge < -0.3 is 24.6 Å². The lowest BCUT2D eigenvalue weighted by molar-refractivity contribution is 0.182. The van der Waals surface area contributed by atoms with Crippen LogP contribution in [-0.4, -0.2) is 63.2 Å². The molecule has 0 saturated carbocycles. The van der Waals surface area contributed by atoms with Gasteiger partial charge in [-0.3, -0.25) is 0 Å². The van der Waals surface area contributed by atoms with E-state index in [-0.39, 0.29) is 0 Å². The summed E-state index contributed by atoms with van der Waals surface area (Å²) < 4.78 is 11.5. The first-order valence-corrected chi connectivity index (χ1v) is 10.6. The van der Waals surface area contributed by atoms with Crippen LogP contribution in [0, 0.1) is 0 Å². The third kappa shape index (κ3) is 7.03. The molecule has 0 unspecified atom stereocenters. The summed E-state index contributed by atoms with van der Waals surface area (Å²) in [4.78, 5) is 4.83. The molecule has 1 aliphatic rings. The lowest BCUT2D eigenvalue weighted by atomic mass is 10.0. The second kappa shape index (κ2) is 11.2. The average molecular weight is 398 g/mol. The molecule has 2 aromatic carbocycles. The molecule has 158 valence electrons. The lowest BCUT2D eigenvalue weighted by Gasteiger charge is -2.33. The number of methoxy groups -OCH3 is 1. The normalized spacial score (nSPS) is 15.6. The Bertz CT molecular complexity index is 728. The summed E-state index contributed by atoms with van der Waals surface area (Å²) in [6.07, 6.45) is 2.42. The molecule has 1 saturated heterocycles. The van der Waals surface area contributed by atoms with Crippen molar-refractivity contribution in [3.63, 3.8) is 0 Å². The predicted molar refractivity (Wildman–Crippen MR) is 119 cm³/mol. The SMILES string of the molecule is COc1ccc(CNC2CCN(CCN(C)C)CC2)cc1OCc1ccccc1. The molecule has 0 aromatic heterocycles. The Kier molecular flexibility index (Phi) is 8.35. The van der Waals surface area contributed by atoms with E-state index in [0.29, 0.717) is 12.6 Å². The topological polar surface area (TPSA) is 37.0 Å². The zero-order valence-electron chi connectivity index (χ0n) is 18.1. The summed E-state index contributed by atoms with van der Waals surface area (Å²) in [5.74, 6) is 1.58. The minimum absolute atomic E-state index is 0.541. The van der Waals surface area contributed by atoms with E-state index in [1.165, 1.54) is 38.0 Å². The van der Waals surface area contributed by atoms with Crippen molar-refractivity contribution in [3.05, 3.63) is 59.7 Å². The highest BCUT2D eigenvalue weighted by atomic mass is 16.5. The summed E-state index contributed by atoms with van der Waals surface area (Å²) in [5, 5.41) is 3.73. The minimum atomic E-state index is 0.541. The fourth-order valence-corrected chi connectivity index (χ4v) is 3.64. The van der Waals surface area contributed by atoms with Crippen LogP contribution in [0.15, 0.2) is 48.5 Å². The molecule has 5 nitrogen and oxygen atoms in total. The first kappa shape index (κ1) is 21.6.